The Hall–Kier alpha value is -0.790. The highest BCUT2D eigenvalue weighted by Gasteiger charge is 2.19. The van der Waals surface area contributed by atoms with E-state index in [1.165, 1.54) is 6.42 Å². The van der Waals surface area contributed by atoms with Crippen LogP contribution in [0.4, 0.5) is 0 Å². The standard InChI is InChI=1S/C11H21N2/c1-10(8-11(2,3)4)13-7-6-12(5)9-13/h6-7,9-10H,8H2,1-5H3/q+1. The molecule has 0 aromatic carbocycles. The Labute approximate surface area is 81.2 Å². The van der Waals surface area contributed by atoms with Crippen LogP contribution in [-0.2, 0) is 7.05 Å². The molecule has 1 aromatic rings. The normalized spacial score (nSPS) is 14.5. The quantitative estimate of drug-likeness (QED) is 0.619. The van der Waals surface area contributed by atoms with Gasteiger partial charge in [-0.2, -0.15) is 0 Å². The van der Waals surface area contributed by atoms with Crippen LogP contribution in [0.1, 0.15) is 40.2 Å². The number of aromatic nitrogens is 2. The first-order valence-electron chi connectivity index (χ1n) is 4.91. The fourth-order valence-electron chi connectivity index (χ4n) is 1.72. The molecule has 0 aliphatic carbocycles. The van der Waals surface area contributed by atoms with Crippen molar-refractivity contribution in [1.29, 1.82) is 0 Å². The van der Waals surface area contributed by atoms with Crippen molar-refractivity contribution in [3.05, 3.63) is 18.7 Å². The van der Waals surface area contributed by atoms with Crippen molar-refractivity contribution >= 4 is 0 Å². The maximum absolute atomic E-state index is 2.28. The molecule has 0 saturated heterocycles. The molecule has 0 fully saturated rings. The molecule has 2 heteroatoms. The van der Waals surface area contributed by atoms with Gasteiger partial charge in [0.1, 0.15) is 12.4 Å². The van der Waals surface area contributed by atoms with E-state index in [9.17, 15) is 0 Å². The van der Waals surface area contributed by atoms with E-state index in [0.717, 1.165) is 0 Å². The summed E-state index contributed by atoms with van der Waals surface area (Å²) in [6.07, 6.45) is 7.56. The molecule has 2 nitrogen and oxygen atoms in total. The first-order valence-corrected chi connectivity index (χ1v) is 4.91. The van der Waals surface area contributed by atoms with Crippen molar-refractivity contribution in [2.75, 3.05) is 0 Å². The monoisotopic (exact) mass is 181 g/mol. The number of imidazole rings is 1. The summed E-state index contributed by atoms with van der Waals surface area (Å²) in [6, 6.07) is 0.584. The predicted octanol–water partition coefficient (Wildman–Crippen LogP) is 2.31. The van der Waals surface area contributed by atoms with E-state index < -0.39 is 0 Å². The maximum atomic E-state index is 2.28. The minimum absolute atomic E-state index is 0.405. The third-order valence-corrected chi connectivity index (χ3v) is 2.21. The van der Waals surface area contributed by atoms with E-state index in [4.69, 9.17) is 0 Å². The second kappa shape index (κ2) is 3.52. The fourth-order valence-corrected chi connectivity index (χ4v) is 1.72. The molecule has 0 spiro atoms. The summed E-state index contributed by atoms with van der Waals surface area (Å²) in [5.74, 6) is 0. The van der Waals surface area contributed by atoms with Crippen molar-refractivity contribution in [3.8, 4) is 0 Å². The minimum atomic E-state index is 0.405. The van der Waals surface area contributed by atoms with Crippen molar-refractivity contribution in [2.45, 2.75) is 40.2 Å². The van der Waals surface area contributed by atoms with Crippen molar-refractivity contribution in [1.82, 2.24) is 4.57 Å². The van der Waals surface area contributed by atoms with E-state index in [-0.39, 0.29) is 0 Å². The molecule has 0 aliphatic rings. The van der Waals surface area contributed by atoms with Gasteiger partial charge in [0.2, 0.25) is 6.33 Å². The van der Waals surface area contributed by atoms with E-state index in [1.54, 1.807) is 0 Å². The summed E-state index contributed by atoms with van der Waals surface area (Å²) in [6.45, 7) is 9.12. The molecule has 0 bridgehead atoms. The zero-order chi connectivity index (χ0) is 10.1. The zero-order valence-electron chi connectivity index (χ0n) is 9.41. The lowest BCUT2D eigenvalue weighted by Crippen LogP contribution is -2.24. The lowest BCUT2D eigenvalue weighted by atomic mass is 9.89. The smallest absolute Gasteiger partial charge is 0.240 e. The van der Waals surface area contributed by atoms with Crippen LogP contribution in [0.25, 0.3) is 0 Å². The van der Waals surface area contributed by atoms with Gasteiger partial charge in [-0.05, 0) is 18.8 Å². The van der Waals surface area contributed by atoms with Gasteiger partial charge in [0.25, 0.3) is 0 Å². The fraction of sp³-hybridized carbons (Fsp3) is 0.727. The molecule has 1 heterocycles. The number of nitrogens with zero attached hydrogens (tertiary/aromatic N) is 2. The van der Waals surface area contributed by atoms with Crippen molar-refractivity contribution in [2.24, 2.45) is 12.5 Å². The van der Waals surface area contributed by atoms with Gasteiger partial charge >= 0.3 is 0 Å². The first kappa shape index (κ1) is 10.3. The number of hydrogen-bond acceptors (Lipinski definition) is 0. The lowest BCUT2D eigenvalue weighted by Gasteiger charge is -2.20. The Kier molecular flexibility index (Phi) is 2.79. The zero-order valence-corrected chi connectivity index (χ0v) is 9.41. The Morgan fingerprint density at radius 2 is 2.00 bits per heavy atom. The molecule has 0 aliphatic heterocycles. The molecule has 74 valence electrons. The number of aryl methyl sites for hydroxylation is 1. The SMILES string of the molecule is CC(CC(C)(C)C)n1cc[n+](C)c1. The number of hydrogen-bond donors (Lipinski definition) is 0. The van der Waals surface area contributed by atoms with Crippen LogP contribution >= 0.6 is 0 Å². The Morgan fingerprint density at radius 3 is 2.38 bits per heavy atom. The molecule has 1 atom stereocenters. The summed E-state index contributed by atoms with van der Waals surface area (Å²) in [5, 5.41) is 0. The van der Waals surface area contributed by atoms with E-state index in [0.29, 0.717) is 11.5 Å². The third-order valence-electron chi connectivity index (χ3n) is 2.21. The number of rotatable bonds is 2. The van der Waals surface area contributed by atoms with Crippen molar-refractivity contribution < 1.29 is 4.57 Å². The second-order valence-electron chi connectivity index (χ2n) is 5.14. The molecule has 0 amide bonds. The topological polar surface area (TPSA) is 8.81 Å². The van der Waals surface area contributed by atoms with Gasteiger partial charge in [-0.25, -0.2) is 9.13 Å². The van der Waals surface area contributed by atoms with Crippen LogP contribution in [0.5, 0.6) is 0 Å². The highest BCUT2D eigenvalue weighted by atomic mass is 15.1. The van der Waals surface area contributed by atoms with Gasteiger partial charge in [-0.3, -0.25) is 0 Å². The highest BCUT2D eigenvalue weighted by Crippen LogP contribution is 2.26. The maximum Gasteiger partial charge on any atom is 0.243 e. The average molecular weight is 181 g/mol. The second-order valence-corrected chi connectivity index (χ2v) is 5.14. The Morgan fingerprint density at radius 1 is 1.38 bits per heavy atom. The highest BCUT2D eigenvalue weighted by molar-refractivity contribution is 4.76. The van der Waals surface area contributed by atoms with Gasteiger partial charge in [0, 0.05) is 0 Å². The van der Waals surface area contributed by atoms with Gasteiger partial charge in [0.15, 0.2) is 0 Å². The van der Waals surface area contributed by atoms with Crippen LogP contribution in [0.15, 0.2) is 18.7 Å². The molecule has 0 N–H and O–H groups in total. The molecule has 0 saturated carbocycles. The van der Waals surface area contributed by atoms with Crippen LogP contribution in [0.3, 0.4) is 0 Å². The summed E-state index contributed by atoms with van der Waals surface area (Å²) < 4.78 is 4.35. The van der Waals surface area contributed by atoms with E-state index >= 15 is 0 Å². The summed E-state index contributed by atoms with van der Waals surface area (Å²) in [5.41, 5.74) is 0.405. The Balaban J connectivity index is 2.64. The molecular weight excluding hydrogens is 160 g/mol. The average Bonchev–Trinajstić information content (AvgIpc) is 2.31. The molecule has 0 radical (unpaired) electrons. The summed E-state index contributed by atoms with van der Waals surface area (Å²) >= 11 is 0. The van der Waals surface area contributed by atoms with Gasteiger partial charge in [-0.15, -0.1) is 0 Å². The third kappa shape index (κ3) is 3.21. The molecule has 1 unspecified atom stereocenters. The van der Waals surface area contributed by atoms with Crippen LogP contribution < -0.4 is 4.57 Å². The largest absolute Gasteiger partial charge is 0.243 e. The van der Waals surface area contributed by atoms with Crippen molar-refractivity contribution in [3.63, 3.8) is 0 Å². The minimum Gasteiger partial charge on any atom is -0.240 e. The summed E-state index contributed by atoms with van der Waals surface area (Å²) in [7, 11) is 2.06. The van der Waals surface area contributed by atoms with Crippen LogP contribution in [-0.4, -0.2) is 4.57 Å². The first-order chi connectivity index (χ1) is 5.88. The predicted molar refractivity (Wildman–Crippen MR) is 54.4 cm³/mol. The van der Waals surface area contributed by atoms with Gasteiger partial charge in [0.05, 0.1) is 13.1 Å². The van der Waals surface area contributed by atoms with Crippen LogP contribution in [0, 0.1) is 5.41 Å². The Bertz CT molecular complexity index is 268. The van der Waals surface area contributed by atoms with Gasteiger partial charge in [-0.1, -0.05) is 20.8 Å². The lowest BCUT2D eigenvalue weighted by molar-refractivity contribution is -0.671. The molecule has 1 aromatic heterocycles. The molecule has 13 heavy (non-hydrogen) atoms. The van der Waals surface area contributed by atoms with Gasteiger partial charge < -0.3 is 0 Å². The molecule has 1 rings (SSSR count). The van der Waals surface area contributed by atoms with E-state index in [2.05, 4.69) is 62.6 Å². The molecular formula is C11H21N2+. The van der Waals surface area contributed by atoms with Crippen LogP contribution in [0.2, 0.25) is 0 Å². The summed E-state index contributed by atoms with van der Waals surface area (Å²) in [4.78, 5) is 0. The van der Waals surface area contributed by atoms with E-state index in [1.807, 2.05) is 0 Å².